The summed E-state index contributed by atoms with van der Waals surface area (Å²) in [6.07, 6.45) is 4.96. The highest BCUT2D eigenvalue weighted by molar-refractivity contribution is 5.96. The molecule has 0 spiro atoms. The lowest BCUT2D eigenvalue weighted by molar-refractivity contribution is -0.128. The maximum Gasteiger partial charge on any atom is 0.322 e. The third-order valence-corrected chi connectivity index (χ3v) is 8.68. The number of fused-ring (bicyclic) bond motifs is 2. The fourth-order valence-electron chi connectivity index (χ4n) is 6.50. The van der Waals surface area contributed by atoms with Crippen molar-refractivity contribution in [1.29, 1.82) is 0 Å². The van der Waals surface area contributed by atoms with Crippen LogP contribution in [0, 0.1) is 25.6 Å². The number of carbonyl (C=O) groups is 1. The Kier molecular flexibility index (Phi) is 7.27. The summed E-state index contributed by atoms with van der Waals surface area (Å²) in [5.41, 5.74) is 2.68. The third-order valence-electron chi connectivity index (χ3n) is 8.68. The number of hydrogen-bond donors (Lipinski definition) is 1. The second kappa shape index (κ2) is 11.0. The van der Waals surface area contributed by atoms with E-state index in [0.717, 1.165) is 11.1 Å². The zero-order valence-electron chi connectivity index (χ0n) is 25.4. The molecule has 1 fully saturated rings. The van der Waals surface area contributed by atoms with Crippen molar-refractivity contribution in [3.05, 3.63) is 92.7 Å². The fourth-order valence-corrected chi connectivity index (χ4v) is 6.50. The van der Waals surface area contributed by atoms with Gasteiger partial charge in [0.05, 0.1) is 28.6 Å². The number of amides is 1. The van der Waals surface area contributed by atoms with Gasteiger partial charge in [0.2, 0.25) is 5.91 Å². The third kappa shape index (κ3) is 4.54. The van der Waals surface area contributed by atoms with E-state index in [4.69, 9.17) is 4.98 Å². The van der Waals surface area contributed by atoms with Crippen molar-refractivity contribution in [2.75, 3.05) is 13.1 Å². The minimum absolute atomic E-state index is 0.0486. The molecule has 1 aliphatic rings. The molecule has 1 aromatic carbocycles. The molecule has 0 saturated carbocycles. The number of aryl methyl sites for hydroxylation is 2. The minimum Gasteiger partial charge on any atom is -0.339 e. The number of carbonyl (C=O) groups excluding carboxylic acids is 1. The molecule has 5 aromatic rings. The van der Waals surface area contributed by atoms with Crippen LogP contribution in [-0.4, -0.2) is 53.2 Å². The Balaban J connectivity index is 1.71. The number of nitrogens with zero attached hydrogens (tertiary/aromatic N) is 6. The predicted molar refractivity (Wildman–Crippen MR) is 168 cm³/mol. The Labute approximate surface area is 252 Å². The van der Waals surface area contributed by atoms with Gasteiger partial charge in [-0.15, -0.1) is 0 Å². The van der Waals surface area contributed by atoms with Crippen LogP contribution in [0.15, 0.2) is 58.9 Å². The lowest BCUT2D eigenvalue weighted by Gasteiger charge is -2.37. The molecule has 6 rings (SSSR count). The van der Waals surface area contributed by atoms with Crippen molar-refractivity contribution in [3.8, 4) is 16.9 Å². The molecule has 44 heavy (non-hydrogen) atoms. The van der Waals surface area contributed by atoms with Crippen molar-refractivity contribution in [2.24, 2.45) is 5.92 Å². The molecular formula is C33H34FN7O3. The highest BCUT2D eigenvalue weighted by atomic mass is 19.1. The van der Waals surface area contributed by atoms with Crippen LogP contribution in [0.1, 0.15) is 56.0 Å². The van der Waals surface area contributed by atoms with Gasteiger partial charge in [-0.25, -0.2) is 9.37 Å². The van der Waals surface area contributed by atoms with Crippen LogP contribution in [-0.2, 0) is 4.79 Å². The van der Waals surface area contributed by atoms with Crippen LogP contribution in [0.3, 0.4) is 0 Å². The van der Waals surface area contributed by atoms with E-state index in [0.29, 0.717) is 47.4 Å². The first kappa shape index (κ1) is 29.2. The molecule has 1 unspecified atom stereocenters. The number of aromatic amines is 1. The van der Waals surface area contributed by atoms with Crippen molar-refractivity contribution in [1.82, 2.24) is 34.2 Å². The van der Waals surface area contributed by atoms with Gasteiger partial charge in [-0.05, 0) is 61.4 Å². The number of halogens is 1. The van der Waals surface area contributed by atoms with E-state index in [2.05, 4.69) is 21.8 Å². The smallest absolute Gasteiger partial charge is 0.322 e. The van der Waals surface area contributed by atoms with E-state index in [9.17, 15) is 14.4 Å². The molecule has 1 amide bonds. The Morgan fingerprint density at radius 2 is 1.93 bits per heavy atom. The average molecular weight is 596 g/mol. The van der Waals surface area contributed by atoms with Gasteiger partial charge in [0.15, 0.2) is 11.5 Å². The maximum absolute atomic E-state index is 16.4. The zero-order valence-corrected chi connectivity index (χ0v) is 25.4. The summed E-state index contributed by atoms with van der Waals surface area (Å²) in [4.78, 5) is 51.8. The molecule has 11 heteroatoms. The molecule has 2 atom stereocenters. The average Bonchev–Trinajstić information content (AvgIpc) is 3.47. The van der Waals surface area contributed by atoms with Gasteiger partial charge in [-0.2, -0.15) is 5.10 Å². The lowest BCUT2D eigenvalue weighted by atomic mass is 9.93. The summed E-state index contributed by atoms with van der Waals surface area (Å²) in [5.74, 6) is -1.12. The molecule has 226 valence electrons. The second-order valence-corrected chi connectivity index (χ2v) is 11.9. The summed E-state index contributed by atoms with van der Waals surface area (Å²) in [7, 11) is 0. The van der Waals surface area contributed by atoms with Crippen LogP contribution in [0.25, 0.3) is 39.0 Å². The molecular weight excluding hydrogens is 561 g/mol. The highest BCUT2D eigenvalue weighted by Gasteiger charge is 2.33. The first-order chi connectivity index (χ1) is 21.0. The predicted octanol–water partition coefficient (Wildman–Crippen LogP) is 4.96. The van der Waals surface area contributed by atoms with Gasteiger partial charge < -0.3 is 4.90 Å². The maximum atomic E-state index is 16.4. The molecule has 10 nitrogen and oxygen atoms in total. The fraction of sp³-hybridized carbons (Fsp3) is 0.333. The van der Waals surface area contributed by atoms with Crippen molar-refractivity contribution in [2.45, 2.75) is 53.0 Å². The van der Waals surface area contributed by atoms with Gasteiger partial charge in [0.1, 0.15) is 5.69 Å². The van der Waals surface area contributed by atoms with Crippen LogP contribution in [0.2, 0.25) is 0 Å². The molecule has 0 radical (unpaired) electrons. The van der Waals surface area contributed by atoms with Gasteiger partial charge >= 0.3 is 11.1 Å². The highest BCUT2D eigenvalue weighted by Crippen LogP contribution is 2.36. The molecule has 4 aromatic heterocycles. The topological polar surface area (TPSA) is 119 Å². The number of H-pyrrole nitrogens is 1. The number of rotatable bonds is 5. The SMILES string of the molecule is C=CC(=O)N1CCC(n2c(=O)c(=O)n(-c3c(C)ccnc3C(C)C)c3nc(-c4c(C)ccc5[nH]ncc45)c(F)cc32)[C@H](C)C1. The minimum atomic E-state index is -0.796. The summed E-state index contributed by atoms with van der Waals surface area (Å²) in [6.45, 7) is 13.9. The molecule has 0 bridgehead atoms. The standard InChI is InChI=1S/C33H34FN7O3/c1-7-26(42)39-13-11-24(20(6)16-39)40-25-14-22(34)29(27-18(4)8-9-23-21(27)15-36-38-23)37-31(25)41(33(44)32(40)43)30-19(5)10-12-35-28(30)17(2)3/h7-10,12,14-15,17,20,24H,1,11,13,16H2,2-6H3,(H,36,38)/t20-,24?/m1/s1. The van der Waals surface area contributed by atoms with Gasteiger partial charge in [-0.3, -0.25) is 33.6 Å². The van der Waals surface area contributed by atoms with Crippen LogP contribution in [0.5, 0.6) is 0 Å². The summed E-state index contributed by atoms with van der Waals surface area (Å²) in [5, 5.41) is 7.75. The van der Waals surface area contributed by atoms with E-state index in [1.165, 1.54) is 21.3 Å². The van der Waals surface area contributed by atoms with E-state index in [1.807, 2.05) is 46.8 Å². The molecule has 1 aliphatic heterocycles. The summed E-state index contributed by atoms with van der Waals surface area (Å²) in [6, 6.07) is 6.35. The summed E-state index contributed by atoms with van der Waals surface area (Å²) < 4.78 is 19.1. The van der Waals surface area contributed by atoms with Crippen molar-refractivity contribution < 1.29 is 9.18 Å². The number of aromatic nitrogens is 6. The van der Waals surface area contributed by atoms with Crippen molar-refractivity contribution in [3.63, 3.8) is 0 Å². The quantitative estimate of drug-likeness (QED) is 0.227. The summed E-state index contributed by atoms with van der Waals surface area (Å²) >= 11 is 0. The first-order valence-corrected chi connectivity index (χ1v) is 14.7. The Morgan fingerprint density at radius 1 is 1.16 bits per heavy atom. The van der Waals surface area contributed by atoms with Crippen LogP contribution < -0.4 is 11.1 Å². The Bertz CT molecular complexity index is 2090. The first-order valence-electron chi connectivity index (χ1n) is 14.7. The largest absolute Gasteiger partial charge is 0.339 e. The lowest BCUT2D eigenvalue weighted by Crippen LogP contribution is -2.49. The Hall–Kier alpha value is -4.93. The van der Waals surface area contributed by atoms with Gasteiger partial charge in [0, 0.05) is 42.3 Å². The van der Waals surface area contributed by atoms with Gasteiger partial charge in [0.25, 0.3) is 0 Å². The monoisotopic (exact) mass is 595 g/mol. The van der Waals surface area contributed by atoms with Gasteiger partial charge in [-0.1, -0.05) is 33.4 Å². The second-order valence-electron chi connectivity index (χ2n) is 11.9. The van der Waals surface area contributed by atoms with E-state index < -0.39 is 23.0 Å². The molecule has 1 saturated heterocycles. The number of likely N-dealkylation sites (tertiary alicyclic amines) is 1. The molecule has 5 heterocycles. The number of nitrogens with one attached hydrogen (secondary N) is 1. The van der Waals surface area contributed by atoms with E-state index in [-0.39, 0.29) is 34.6 Å². The van der Waals surface area contributed by atoms with E-state index >= 15 is 4.39 Å². The number of hydrogen-bond acceptors (Lipinski definition) is 6. The number of piperidine rings is 1. The number of pyridine rings is 2. The molecule has 1 N–H and O–H groups in total. The Morgan fingerprint density at radius 3 is 2.64 bits per heavy atom. The van der Waals surface area contributed by atoms with Crippen LogP contribution >= 0.6 is 0 Å². The molecule has 0 aliphatic carbocycles. The van der Waals surface area contributed by atoms with Crippen LogP contribution in [0.4, 0.5) is 4.39 Å². The van der Waals surface area contributed by atoms with E-state index in [1.54, 1.807) is 23.4 Å². The van der Waals surface area contributed by atoms with Crippen molar-refractivity contribution >= 4 is 28.0 Å². The number of benzene rings is 1. The normalized spacial score (nSPS) is 17.1. The zero-order chi connectivity index (χ0) is 31.4.